The van der Waals surface area contributed by atoms with Crippen LogP contribution in [0.5, 0.6) is 0 Å². The van der Waals surface area contributed by atoms with Crippen molar-refractivity contribution in [3.63, 3.8) is 0 Å². The van der Waals surface area contributed by atoms with Gasteiger partial charge in [-0.1, -0.05) is 30.3 Å². The standard InChI is InChI=1S/C18H20N2O/c19-11-13-4-6-14(7-5-13)12-20-18(21)17-9-8-15-2-1-3-16(15)10-17/h4-10H,1-3,11-12,19H2,(H,20,21). The summed E-state index contributed by atoms with van der Waals surface area (Å²) in [5, 5.41) is 2.97. The van der Waals surface area contributed by atoms with Gasteiger partial charge in [-0.05, 0) is 53.6 Å². The van der Waals surface area contributed by atoms with Crippen LogP contribution in [0.1, 0.15) is 39.0 Å². The Balaban J connectivity index is 1.63. The van der Waals surface area contributed by atoms with Crippen LogP contribution in [0, 0.1) is 0 Å². The Bertz CT molecular complexity index is 647. The molecule has 3 rings (SSSR count). The number of hydrogen-bond donors (Lipinski definition) is 2. The largest absolute Gasteiger partial charge is 0.348 e. The summed E-state index contributed by atoms with van der Waals surface area (Å²) in [5.41, 5.74) is 11.2. The van der Waals surface area contributed by atoms with Gasteiger partial charge < -0.3 is 11.1 Å². The fourth-order valence-corrected chi connectivity index (χ4v) is 2.79. The molecule has 0 radical (unpaired) electrons. The van der Waals surface area contributed by atoms with Crippen LogP contribution in [-0.4, -0.2) is 5.91 Å². The average Bonchev–Trinajstić information content (AvgIpc) is 3.00. The number of nitrogens with two attached hydrogens (primary N) is 1. The van der Waals surface area contributed by atoms with Gasteiger partial charge in [-0.3, -0.25) is 4.79 Å². The summed E-state index contributed by atoms with van der Waals surface area (Å²) in [6.45, 7) is 1.09. The molecule has 1 aliphatic rings. The molecule has 2 aromatic rings. The molecular formula is C18H20N2O. The molecule has 0 heterocycles. The van der Waals surface area contributed by atoms with Crippen LogP contribution in [-0.2, 0) is 25.9 Å². The van der Waals surface area contributed by atoms with E-state index in [2.05, 4.69) is 11.4 Å². The molecule has 0 spiro atoms. The summed E-state index contributed by atoms with van der Waals surface area (Å²) in [5.74, 6) is -0.00685. The number of hydrogen-bond acceptors (Lipinski definition) is 2. The molecule has 1 amide bonds. The molecule has 0 fully saturated rings. The van der Waals surface area contributed by atoms with E-state index in [0.29, 0.717) is 13.1 Å². The molecule has 108 valence electrons. The fraction of sp³-hybridized carbons (Fsp3) is 0.278. The van der Waals surface area contributed by atoms with Crippen molar-refractivity contribution in [2.24, 2.45) is 5.73 Å². The summed E-state index contributed by atoms with van der Waals surface area (Å²) in [4.78, 5) is 12.2. The third-order valence-corrected chi connectivity index (χ3v) is 4.07. The lowest BCUT2D eigenvalue weighted by Crippen LogP contribution is -2.22. The summed E-state index contributed by atoms with van der Waals surface area (Å²) >= 11 is 0. The minimum atomic E-state index is -0.00685. The third kappa shape index (κ3) is 3.14. The topological polar surface area (TPSA) is 55.1 Å². The Hall–Kier alpha value is -2.13. The van der Waals surface area contributed by atoms with Crippen molar-refractivity contribution in [2.75, 3.05) is 0 Å². The van der Waals surface area contributed by atoms with Crippen LogP contribution < -0.4 is 11.1 Å². The monoisotopic (exact) mass is 280 g/mol. The highest BCUT2D eigenvalue weighted by atomic mass is 16.1. The minimum Gasteiger partial charge on any atom is -0.348 e. The summed E-state index contributed by atoms with van der Waals surface area (Å²) in [6.07, 6.45) is 3.44. The SMILES string of the molecule is NCc1ccc(CNC(=O)c2ccc3c(c2)CCC3)cc1. The quantitative estimate of drug-likeness (QED) is 0.904. The van der Waals surface area contributed by atoms with Crippen molar-refractivity contribution in [3.05, 3.63) is 70.3 Å². The van der Waals surface area contributed by atoms with Crippen molar-refractivity contribution in [1.29, 1.82) is 0 Å². The van der Waals surface area contributed by atoms with E-state index in [1.165, 1.54) is 17.5 Å². The van der Waals surface area contributed by atoms with Crippen LogP contribution in [0.25, 0.3) is 0 Å². The lowest BCUT2D eigenvalue weighted by molar-refractivity contribution is 0.0951. The number of carbonyl (C=O) groups excluding carboxylic acids is 1. The second-order valence-electron chi connectivity index (χ2n) is 5.54. The van der Waals surface area contributed by atoms with E-state index in [-0.39, 0.29) is 5.91 Å². The predicted octanol–water partition coefficient (Wildman–Crippen LogP) is 2.56. The zero-order valence-corrected chi connectivity index (χ0v) is 12.1. The zero-order valence-electron chi connectivity index (χ0n) is 12.1. The third-order valence-electron chi connectivity index (χ3n) is 4.07. The second-order valence-corrected chi connectivity index (χ2v) is 5.54. The van der Waals surface area contributed by atoms with Gasteiger partial charge in [-0.25, -0.2) is 0 Å². The average molecular weight is 280 g/mol. The number of nitrogens with one attached hydrogen (secondary N) is 1. The van der Waals surface area contributed by atoms with E-state index in [1.807, 2.05) is 36.4 Å². The maximum absolute atomic E-state index is 12.2. The first-order valence-electron chi connectivity index (χ1n) is 7.44. The molecule has 0 aromatic heterocycles. The molecule has 3 N–H and O–H groups in total. The molecule has 2 aromatic carbocycles. The van der Waals surface area contributed by atoms with Gasteiger partial charge in [-0.2, -0.15) is 0 Å². The first kappa shape index (κ1) is 13.8. The van der Waals surface area contributed by atoms with E-state index < -0.39 is 0 Å². The highest BCUT2D eigenvalue weighted by Gasteiger charge is 2.13. The van der Waals surface area contributed by atoms with Gasteiger partial charge in [0.2, 0.25) is 0 Å². The molecule has 3 heteroatoms. The number of aryl methyl sites for hydroxylation is 2. The molecule has 21 heavy (non-hydrogen) atoms. The van der Waals surface area contributed by atoms with Gasteiger partial charge in [0.1, 0.15) is 0 Å². The Labute approximate surface area is 125 Å². The van der Waals surface area contributed by atoms with Crippen molar-refractivity contribution in [1.82, 2.24) is 5.32 Å². The predicted molar refractivity (Wildman–Crippen MR) is 84.0 cm³/mol. The van der Waals surface area contributed by atoms with E-state index >= 15 is 0 Å². The Kier molecular flexibility index (Phi) is 4.02. The number of amides is 1. The number of benzene rings is 2. The first-order valence-corrected chi connectivity index (χ1v) is 7.44. The minimum absolute atomic E-state index is 0.00685. The number of carbonyl (C=O) groups is 1. The molecule has 0 unspecified atom stereocenters. The van der Waals surface area contributed by atoms with Gasteiger partial charge >= 0.3 is 0 Å². The maximum atomic E-state index is 12.2. The van der Waals surface area contributed by atoms with Crippen LogP contribution in [0.4, 0.5) is 0 Å². The summed E-state index contributed by atoms with van der Waals surface area (Å²) < 4.78 is 0. The summed E-state index contributed by atoms with van der Waals surface area (Å²) in [7, 11) is 0. The van der Waals surface area contributed by atoms with Gasteiger partial charge in [0.25, 0.3) is 5.91 Å². The maximum Gasteiger partial charge on any atom is 0.251 e. The highest BCUT2D eigenvalue weighted by molar-refractivity contribution is 5.94. The molecular weight excluding hydrogens is 260 g/mol. The molecule has 0 saturated carbocycles. The highest BCUT2D eigenvalue weighted by Crippen LogP contribution is 2.22. The van der Waals surface area contributed by atoms with E-state index in [0.717, 1.165) is 29.5 Å². The van der Waals surface area contributed by atoms with Crippen molar-refractivity contribution >= 4 is 5.91 Å². The number of rotatable bonds is 4. The van der Waals surface area contributed by atoms with Gasteiger partial charge in [0.15, 0.2) is 0 Å². The van der Waals surface area contributed by atoms with Crippen molar-refractivity contribution in [3.8, 4) is 0 Å². The lowest BCUT2D eigenvalue weighted by Gasteiger charge is -2.08. The van der Waals surface area contributed by atoms with Crippen molar-refractivity contribution < 1.29 is 4.79 Å². The fourth-order valence-electron chi connectivity index (χ4n) is 2.79. The van der Waals surface area contributed by atoms with E-state index in [1.54, 1.807) is 0 Å². The molecule has 0 saturated heterocycles. The Morgan fingerprint density at radius 2 is 1.71 bits per heavy atom. The van der Waals surface area contributed by atoms with Crippen LogP contribution in [0.3, 0.4) is 0 Å². The van der Waals surface area contributed by atoms with E-state index in [4.69, 9.17) is 5.73 Å². The smallest absolute Gasteiger partial charge is 0.251 e. The normalized spacial score (nSPS) is 13.0. The Morgan fingerprint density at radius 3 is 2.48 bits per heavy atom. The molecule has 0 aliphatic heterocycles. The van der Waals surface area contributed by atoms with Crippen LogP contribution in [0.2, 0.25) is 0 Å². The van der Waals surface area contributed by atoms with Gasteiger partial charge in [-0.15, -0.1) is 0 Å². The molecule has 0 atom stereocenters. The molecule has 0 bridgehead atoms. The van der Waals surface area contributed by atoms with Gasteiger partial charge in [0, 0.05) is 18.7 Å². The second kappa shape index (κ2) is 6.10. The van der Waals surface area contributed by atoms with E-state index in [9.17, 15) is 4.79 Å². The van der Waals surface area contributed by atoms with Crippen LogP contribution in [0.15, 0.2) is 42.5 Å². The van der Waals surface area contributed by atoms with Crippen LogP contribution >= 0.6 is 0 Å². The first-order chi connectivity index (χ1) is 10.3. The number of fused-ring (bicyclic) bond motifs is 1. The van der Waals surface area contributed by atoms with Crippen molar-refractivity contribution in [2.45, 2.75) is 32.4 Å². The zero-order chi connectivity index (χ0) is 14.7. The Morgan fingerprint density at radius 1 is 1.00 bits per heavy atom. The molecule has 3 nitrogen and oxygen atoms in total. The summed E-state index contributed by atoms with van der Waals surface area (Å²) in [6, 6.07) is 14.1. The van der Waals surface area contributed by atoms with Gasteiger partial charge in [0.05, 0.1) is 0 Å². The lowest BCUT2D eigenvalue weighted by atomic mass is 10.1. The molecule has 1 aliphatic carbocycles.